The first kappa shape index (κ1) is 13.7. The average molecular weight is 238 g/mol. The van der Waals surface area contributed by atoms with Crippen molar-refractivity contribution in [2.75, 3.05) is 13.2 Å². The molecule has 0 atom stereocenters. The number of aliphatic imine (C=N–C) groups is 1. The molecule has 0 aromatic heterocycles. The van der Waals surface area contributed by atoms with Crippen LogP contribution in [0.3, 0.4) is 0 Å². The lowest BCUT2D eigenvalue weighted by Crippen LogP contribution is -2.41. The first-order valence-corrected chi connectivity index (χ1v) is 6.17. The van der Waals surface area contributed by atoms with Crippen molar-refractivity contribution < 1.29 is 9.53 Å². The molecule has 0 saturated carbocycles. The molecule has 0 N–H and O–H groups in total. The summed E-state index contributed by atoms with van der Waals surface area (Å²) in [6, 6.07) is 0.128. The molecular formula is C13H22N2O2. The fourth-order valence-electron chi connectivity index (χ4n) is 1.66. The summed E-state index contributed by atoms with van der Waals surface area (Å²) in [6.07, 6.45) is 4.24. The van der Waals surface area contributed by atoms with Crippen LogP contribution in [0.2, 0.25) is 0 Å². The van der Waals surface area contributed by atoms with Crippen LogP contribution in [0, 0.1) is 5.92 Å². The summed E-state index contributed by atoms with van der Waals surface area (Å²) in [5.41, 5.74) is 0. The summed E-state index contributed by atoms with van der Waals surface area (Å²) in [6.45, 7) is 9.16. The second-order valence-corrected chi connectivity index (χ2v) is 4.76. The monoisotopic (exact) mass is 238 g/mol. The Hall–Kier alpha value is -1.32. The Morgan fingerprint density at radius 1 is 1.41 bits per heavy atom. The van der Waals surface area contributed by atoms with Gasteiger partial charge in [0.1, 0.15) is 0 Å². The van der Waals surface area contributed by atoms with E-state index in [4.69, 9.17) is 4.74 Å². The molecule has 4 heteroatoms. The van der Waals surface area contributed by atoms with Crippen molar-refractivity contribution in [2.45, 2.75) is 40.2 Å². The van der Waals surface area contributed by atoms with Crippen molar-refractivity contribution in [3.8, 4) is 0 Å². The minimum atomic E-state index is 0.128. The topological polar surface area (TPSA) is 41.9 Å². The van der Waals surface area contributed by atoms with Gasteiger partial charge in [-0.05, 0) is 25.8 Å². The Bertz CT molecular complexity index is 319. The van der Waals surface area contributed by atoms with Crippen molar-refractivity contribution in [1.29, 1.82) is 0 Å². The van der Waals surface area contributed by atoms with Crippen LogP contribution in [0.5, 0.6) is 0 Å². The van der Waals surface area contributed by atoms with E-state index in [1.807, 2.05) is 26.1 Å². The van der Waals surface area contributed by atoms with Crippen molar-refractivity contribution in [3.63, 3.8) is 0 Å². The van der Waals surface area contributed by atoms with Crippen molar-refractivity contribution in [3.05, 3.63) is 12.0 Å². The summed E-state index contributed by atoms with van der Waals surface area (Å²) in [7, 11) is 0. The summed E-state index contributed by atoms with van der Waals surface area (Å²) >= 11 is 0. The number of hydrogen-bond acceptors (Lipinski definition) is 3. The maximum Gasteiger partial charge on any atom is 0.232 e. The molecule has 0 spiro atoms. The molecule has 1 aliphatic heterocycles. The molecule has 1 rings (SSSR count). The van der Waals surface area contributed by atoms with E-state index in [9.17, 15) is 4.79 Å². The van der Waals surface area contributed by atoms with E-state index in [0.717, 1.165) is 0 Å². The van der Waals surface area contributed by atoms with Crippen molar-refractivity contribution in [2.24, 2.45) is 10.9 Å². The van der Waals surface area contributed by atoms with Gasteiger partial charge >= 0.3 is 0 Å². The predicted molar refractivity (Wildman–Crippen MR) is 68.8 cm³/mol. The lowest BCUT2D eigenvalue weighted by Gasteiger charge is -2.32. The van der Waals surface area contributed by atoms with E-state index in [2.05, 4.69) is 18.8 Å². The molecule has 0 radical (unpaired) electrons. The number of carbonyl (C=O) groups is 1. The van der Waals surface area contributed by atoms with Gasteiger partial charge in [0.05, 0.1) is 19.6 Å². The number of hydrogen-bond donors (Lipinski definition) is 0. The van der Waals surface area contributed by atoms with Crippen LogP contribution in [0.4, 0.5) is 0 Å². The second-order valence-electron chi connectivity index (χ2n) is 4.76. The number of nitrogens with zero attached hydrogens (tertiary/aromatic N) is 2. The van der Waals surface area contributed by atoms with E-state index in [1.54, 1.807) is 4.90 Å². The highest BCUT2D eigenvalue weighted by atomic mass is 16.5. The smallest absolute Gasteiger partial charge is 0.232 e. The highest BCUT2D eigenvalue weighted by Gasteiger charge is 2.26. The molecule has 0 aromatic carbocycles. The lowest BCUT2D eigenvalue weighted by molar-refractivity contribution is -0.139. The molecule has 1 heterocycles. The standard InChI is InChI=1S/C13H22N2O2/c1-10(2)9-14-7-5-13-15(11(3)4)12(16)6-8-17-13/h5,9-11H,6-8H2,1-4H3/b13-5-,14-9?. The van der Waals surface area contributed by atoms with E-state index in [-0.39, 0.29) is 11.9 Å². The van der Waals surface area contributed by atoms with Gasteiger partial charge in [-0.2, -0.15) is 0 Å². The third-order valence-electron chi connectivity index (χ3n) is 2.36. The van der Waals surface area contributed by atoms with Crippen LogP contribution >= 0.6 is 0 Å². The molecule has 4 nitrogen and oxygen atoms in total. The first-order chi connectivity index (χ1) is 8.02. The van der Waals surface area contributed by atoms with E-state index < -0.39 is 0 Å². The zero-order chi connectivity index (χ0) is 12.8. The Kier molecular flexibility index (Phi) is 5.19. The molecule has 1 saturated heterocycles. The molecular weight excluding hydrogens is 216 g/mol. The minimum absolute atomic E-state index is 0.128. The molecule has 17 heavy (non-hydrogen) atoms. The Morgan fingerprint density at radius 3 is 2.71 bits per heavy atom. The van der Waals surface area contributed by atoms with Gasteiger partial charge in [0.25, 0.3) is 0 Å². The Morgan fingerprint density at radius 2 is 2.12 bits per heavy atom. The van der Waals surface area contributed by atoms with Crippen LogP contribution in [-0.2, 0) is 9.53 Å². The number of rotatable bonds is 4. The van der Waals surface area contributed by atoms with Crippen LogP contribution in [0.15, 0.2) is 17.0 Å². The van der Waals surface area contributed by atoms with E-state index in [1.165, 1.54) is 0 Å². The molecule has 1 amide bonds. The molecule has 1 fully saturated rings. The van der Waals surface area contributed by atoms with Gasteiger partial charge in [-0.1, -0.05) is 13.8 Å². The lowest BCUT2D eigenvalue weighted by atomic mass is 10.2. The predicted octanol–water partition coefficient (Wildman–Crippen LogP) is 2.21. The molecule has 0 aromatic rings. The number of carbonyl (C=O) groups excluding carboxylic acids is 1. The molecule has 96 valence electrons. The Labute approximate surface area is 103 Å². The summed E-state index contributed by atoms with van der Waals surface area (Å²) < 4.78 is 5.52. The SMILES string of the molecule is CC(C)C=NC/C=C1\OCCC(=O)N1C(C)C. The van der Waals surface area contributed by atoms with Gasteiger partial charge in [-0.3, -0.25) is 14.7 Å². The van der Waals surface area contributed by atoms with Crippen LogP contribution in [0.1, 0.15) is 34.1 Å². The van der Waals surface area contributed by atoms with Gasteiger partial charge < -0.3 is 4.74 Å². The number of amides is 1. The van der Waals surface area contributed by atoms with E-state index in [0.29, 0.717) is 31.4 Å². The zero-order valence-corrected chi connectivity index (χ0v) is 11.1. The van der Waals surface area contributed by atoms with Gasteiger partial charge in [-0.25, -0.2) is 0 Å². The average Bonchev–Trinajstić information content (AvgIpc) is 2.23. The number of ether oxygens (including phenoxy) is 1. The first-order valence-electron chi connectivity index (χ1n) is 6.17. The van der Waals surface area contributed by atoms with E-state index >= 15 is 0 Å². The molecule has 0 bridgehead atoms. The van der Waals surface area contributed by atoms with Crippen LogP contribution < -0.4 is 0 Å². The molecule has 0 unspecified atom stereocenters. The van der Waals surface area contributed by atoms with Crippen LogP contribution in [0.25, 0.3) is 0 Å². The quantitative estimate of drug-likeness (QED) is 0.705. The zero-order valence-electron chi connectivity index (χ0n) is 11.1. The minimum Gasteiger partial charge on any atom is -0.478 e. The van der Waals surface area contributed by atoms with Crippen molar-refractivity contribution >= 4 is 12.1 Å². The van der Waals surface area contributed by atoms with Gasteiger partial charge in [0.2, 0.25) is 5.91 Å². The van der Waals surface area contributed by atoms with Gasteiger partial charge in [-0.15, -0.1) is 0 Å². The Balaban J connectivity index is 2.65. The third-order valence-corrected chi connectivity index (χ3v) is 2.36. The van der Waals surface area contributed by atoms with Crippen molar-refractivity contribution in [1.82, 2.24) is 4.90 Å². The molecule has 1 aliphatic rings. The van der Waals surface area contributed by atoms with Crippen LogP contribution in [-0.4, -0.2) is 36.2 Å². The third kappa shape index (κ3) is 4.21. The second kappa shape index (κ2) is 6.42. The van der Waals surface area contributed by atoms with Gasteiger partial charge in [0.15, 0.2) is 5.88 Å². The maximum absolute atomic E-state index is 11.8. The summed E-state index contributed by atoms with van der Waals surface area (Å²) in [4.78, 5) is 17.7. The highest BCUT2D eigenvalue weighted by molar-refractivity contribution is 5.79. The molecule has 0 aliphatic carbocycles. The van der Waals surface area contributed by atoms with Gasteiger partial charge in [0, 0.05) is 12.3 Å². The fourth-order valence-corrected chi connectivity index (χ4v) is 1.66. The largest absolute Gasteiger partial charge is 0.478 e. The normalized spacial score (nSPS) is 19.8. The fraction of sp³-hybridized carbons (Fsp3) is 0.692. The summed E-state index contributed by atoms with van der Waals surface area (Å²) in [5, 5.41) is 0. The highest BCUT2D eigenvalue weighted by Crippen LogP contribution is 2.18. The maximum atomic E-state index is 11.8. The summed E-state index contributed by atoms with van der Waals surface area (Å²) in [5.74, 6) is 1.23.